The molecule has 0 unspecified atom stereocenters. The highest BCUT2D eigenvalue weighted by Crippen LogP contribution is 2.29. The first kappa shape index (κ1) is 13.2. The Balaban J connectivity index is 2.54. The van der Waals surface area contributed by atoms with Gasteiger partial charge in [-0.1, -0.05) is 6.07 Å². The fourth-order valence-corrected chi connectivity index (χ4v) is 1.63. The van der Waals surface area contributed by atoms with E-state index in [0.29, 0.717) is 5.56 Å². The topological polar surface area (TPSA) is 63.3 Å². The second-order valence-corrected chi connectivity index (χ2v) is 4.14. The summed E-state index contributed by atoms with van der Waals surface area (Å²) < 4.78 is 30.3. The van der Waals surface area contributed by atoms with Crippen molar-refractivity contribution in [3.63, 3.8) is 0 Å². The van der Waals surface area contributed by atoms with Gasteiger partial charge in [-0.05, 0) is 37.1 Å². The minimum atomic E-state index is -2.99. The molecule has 4 nitrogen and oxygen atoms in total. The molecule has 6 heteroatoms. The van der Waals surface area contributed by atoms with Crippen molar-refractivity contribution in [2.75, 3.05) is 0 Å². The molecule has 0 fully saturated rings. The standard InChI is InChI=1S/C13H11F2NO3/c1-6-3-4-8(5-7(6)2)12-16-9(11(14)15)10(19-12)13(17)18/h3-5,11H,1-2H3,(H,17,18). The van der Waals surface area contributed by atoms with Gasteiger partial charge in [-0.15, -0.1) is 0 Å². The van der Waals surface area contributed by atoms with E-state index in [1.54, 1.807) is 18.2 Å². The number of oxazole rings is 1. The summed E-state index contributed by atoms with van der Waals surface area (Å²) >= 11 is 0. The highest BCUT2D eigenvalue weighted by molar-refractivity contribution is 5.86. The van der Waals surface area contributed by atoms with Crippen molar-refractivity contribution in [2.45, 2.75) is 20.3 Å². The van der Waals surface area contributed by atoms with Crippen LogP contribution in [0.2, 0.25) is 0 Å². The summed E-state index contributed by atoms with van der Waals surface area (Å²) in [6.45, 7) is 3.76. The zero-order valence-corrected chi connectivity index (χ0v) is 10.3. The van der Waals surface area contributed by atoms with Gasteiger partial charge in [0.2, 0.25) is 11.7 Å². The molecule has 0 bridgehead atoms. The predicted octanol–water partition coefficient (Wildman–Crippen LogP) is 3.59. The molecule has 0 amide bonds. The van der Waals surface area contributed by atoms with Crippen LogP contribution in [0.25, 0.3) is 11.5 Å². The smallest absolute Gasteiger partial charge is 0.374 e. The van der Waals surface area contributed by atoms with Crippen LogP contribution in [-0.4, -0.2) is 16.1 Å². The maximum atomic E-state index is 12.7. The van der Waals surface area contributed by atoms with E-state index in [4.69, 9.17) is 9.52 Å². The number of alkyl halides is 2. The Morgan fingerprint density at radius 1 is 1.32 bits per heavy atom. The van der Waals surface area contributed by atoms with Gasteiger partial charge in [0.15, 0.2) is 5.69 Å². The third kappa shape index (κ3) is 2.47. The Kier molecular flexibility index (Phi) is 3.33. The Labute approximate surface area is 107 Å². The lowest BCUT2D eigenvalue weighted by Gasteiger charge is -2.01. The van der Waals surface area contributed by atoms with Crippen LogP contribution in [0.1, 0.15) is 33.8 Å². The van der Waals surface area contributed by atoms with Crippen molar-refractivity contribution in [3.8, 4) is 11.5 Å². The summed E-state index contributed by atoms with van der Waals surface area (Å²) in [4.78, 5) is 14.4. The van der Waals surface area contributed by atoms with Crippen molar-refractivity contribution in [3.05, 3.63) is 40.8 Å². The van der Waals surface area contributed by atoms with Gasteiger partial charge in [0, 0.05) is 5.56 Å². The third-order valence-corrected chi connectivity index (χ3v) is 2.81. The van der Waals surface area contributed by atoms with Crippen molar-refractivity contribution >= 4 is 5.97 Å². The number of rotatable bonds is 3. The molecule has 0 aliphatic carbocycles. The molecule has 1 N–H and O–H groups in total. The van der Waals surface area contributed by atoms with E-state index >= 15 is 0 Å². The van der Waals surface area contributed by atoms with Crippen LogP contribution in [0.5, 0.6) is 0 Å². The first-order chi connectivity index (χ1) is 8.90. The summed E-state index contributed by atoms with van der Waals surface area (Å²) in [5.74, 6) is -2.49. The Bertz CT molecular complexity index is 635. The van der Waals surface area contributed by atoms with E-state index in [-0.39, 0.29) is 5.89 Å². The molecule has 1 aromatic heterocycles. The van der Waals surface area contributed by atoms with Crippen LogP contribution in [0.4, 0.5) is 8.78 Å². The fraction of sp³-hybridized carbons (Fsp3) is 0.231. The van der Waals surface area contributed by atoms with Crippen LogP contribution in [0, 0.1) is 13.8 Å². The predicted molar refractivity (Wildman–Crippen MR) is 63.3 cm³/mol. The molecular formula is C13H11F2NO3. The van der Waals surface area contributed by atoms with Gasteiger partial charge in [-0.2, -0.15) is 0 Å². The normalized spacial score (nSPS) is 11.0. The molecule has 100 valence electrons. The summed E-state index contributed by atoms with van der Waals surface area (Å²) in [5, 5.41) is 8.81. The summed E-state index contributed by atoms with van der Waals surface area (Å²) in [6, 6.07) is 5.15. The minimum absolute atomic E-state index is 0.115. The van der Waals surface area contributed by atoms with E-state index in [2.05, 4.69) is 4.98 Å². The number of aryl methyl sites for hydroxylation is 2. The molecule has 0 spiro atoms. The minimum Gasteiger partial charge on any atom is -0.475 e. The highest BCUT2D eigenvalue weighted by atomic mass is 19.3. The number of carbonyl (C=O) groups is 1. The number of aromatic carboxylic acids is 1. The number of aromatic nitrogens is 1. The zero-order valence-electron chi connectivity index (χ0n) is 10.3. The largest absolute Gasteiger partial charge is 0.475 e. The summed E-state index contributed by atoms with van der Waals surface area (Å²) in [6.07, 6.45) is -2.99. The molecule has 2 aromatic rings. The number of hydrogen-bond acceptors (Lipinski definition) is 3. The molecule has 0 aliphatic rings. The Morgan fingerprint density at radius 3 is 2.47 bits per heavy atom. The van der Waals surface area contributed by atoms with Gasteiger partial charge < -0.3 is 9.52 Å². The number of hydrogen-bond donors (Lipinski definition) is 1. The SMILES string of the molecule is Cc1ccc(-c2nc(C(F)F)c(C(=O)O)o2)cc1C. The van der Waals surface area contributed by atoms with E-state index in [1.165, 1.54) is 0 Å². The van der Waals surface area contributed by atoms with Crippen molar-refractivity contribution in [1.29, 1.82) is 0 Å². The fourth-order valence-electron chi connectivity index (χ4n) is 1.63. The average molecular weight is 267 g/mol. The van der Waals surface area contributed by atoms with Crippen LogP contribution < -0.4 is 0 Å². The van der Waals surface area contributed by atoms with Gasteiger partial charge in [0.1, 0.15) is 0 Å². The molecule has 1 aromatic carbocycles. The van der Waals surface area contributed by atoms with E-state index < -0.39 is 23.8 Å². The van der Waals surface area contributed by atoms with E-state index in [0.717, 1.165) is 11.1 Å². The number of halogens is 2. The molecule has 19 heavy (non-hydrogen) atoms. The lowest BCUT2D eigenvalue weighted by Crippen LogP contribution is -1.99. The van der Waals surface area contributed by atoms with Crippen LogP contribution in [0.3, 0.4) is 0 Å². The van der Waals surface area contributed by atoms with Crippen molar-refractivity contribution < 1.29 is 23.1 Å². The number of carboxylic acid groups (broad SMARTS) is 1. The van der Waals surface area contributed by atoms with E-state index in [1.807, 2.05) is 13.8 Å². The second-order valence-electron chi connectivity index (χ2n) is 4.14. The zero-order chi connectivity index (χ0) is 14.2. The maximum absolute atomic E-state index is 12.7. The molecular weight excluding hydrogens is 256 g/mol. The summed E-state index contributed by atoms with van der Waals surface area (Å²) in [5.41, 5.74) is 1.59. The monoisotopic (exact) mass is 267 g/mol. The van der Waals surface area contributed by atoms with Crippen LogP contribution in [0.15, 0.2) is 22.6 Å². The first-order valence-corrected chi connectivity index (χ1v) is 5.50. The van der Waals surface area contributed by atoms with Gasteiger partial charge in [-0.3, -0.25) is 0 Å². The molecule has 0 aliphatic heterocycles. The van der Waals surface area contributed by atoms with Crippen molar-refractivity contribution in [1.82, 2.24) is 4.98 Å². The molecule has 0 saturated heterocycles. The van der Waals surface area contributed by atoms with Gasteiger partial charge in [0.25, 0.3) is 6.43 Å². The molecule has 0 atom stereocenters. The Hall–Kier alpha value is -2.24. The van der Waals surface area contributed by atoms with Crippen LogP contribution >= 0.6 is 0 Å². The third-order valence-electron chi connectivity index (χ3n) is 2.81. The second kappa shape index (κ2) is 4.79. The molecule has 0 radical (unpaired) electrons. The molecule has 2 rings (SSSR count). The highest BCUT2D eigenvalue weighted by Gasteiger charge is 2.26. The first-order valence-electron chi connectivity index (χ1n) is 5.50. The summed E-state index contributed by atoms with van der Waals surface area (Å²) in [7, 11) is 0. The Morgan fingerprint density at radius 2 is 2.00 bits per heavy atom. The molecule has 0 saturated carbocycles. The number of carboxylic acids is 1. The maximum Gasteiger partial charge on any atom is 0.374 e. The lowest BCUT2D eigenvalue weighted by atomic mass is 10.1. The van der Waals surface area contributed by atoms with Gasteiger partial charge in [-0.25, -0.2) is 18.6 Å². The van der Waals surface area contributed by atoms with Gasteiger partial charge in [0.05, 0.1) is 0 Å². The lowest BCUT2D eigenvalue weighted by molar-refractivity contribution is 0.0647. The van der Waals surface area contributed by atoms with Gasteiger partial charge >= 0.3 is 5.97 Å². The van der Waals surface area contributed by atoms with Crippen molar-refractivity contribution in [2.24, 2.45) is 0 Å². The number of nitrogens with zero attached hydrogens (tertiary/aromatic N) is 1. The van der Waals surface area contributed by atoms with Crippen LogP contribution in [-0.2, 0) is 0 Å². The van der Waals surface area contributed by atoms with E-state index in [9.17, 15) is 13.6 Å². The quantitative estimate of drug-likeness (QED) is 0.922. The molecule has 1 heterocycles. The average Bonchev–Trinajstić information content (AvgIpc) is 2.78. The number of benzene rings is 1.